The lowest BCUT2D eigenvalue weighted by Gasteiger charge is -2.52. The number of rotatable bonds is 6. The summed E-state index contributed by atoms with van der Waals surface area (Å²) >= 11 is 0. The molecule has 0 bridgehead atoms. The Labute approximate surface area is 195 Å². The number of anilines is 1. The van der Waals surface area contributed by atoms with Crippen molar-refractivity contribution in [3.05, 3.63) is 24.5 Å². The summed E-state index contributed by atoms with van der Waals surface area (Å²) in [7, 11) is -1.76. The first-order valence-corrected chi connectivity index (χ1v) is 15.2. The summed E-state index contributed by atoms with van der Waals surface area (Å²) in [6, 6.07) is 7.50. The van der Waals surface area contributed by atoms with Crippen LogP contribution in [0.4, 0.5) is 5.69 Å². The van der Waals surface area contributed by atoms with E-state index < -0.39 is 8.32 Å². The van der Waals surface area contributed by atoms with Crippen molar-refractivity contribution in [1.82, 2.24) is 5.32 Å². The highest BCUT2D eigenvalue weighted by Crippen LogP contribution is 2.40. The lowest BCUT2D eigenvalue weighted by molar-refractivity contribution is 0.199. The molecule has 2 fully saturated rings. The fourth-order valence-corrected chi connectivity index (χ4v) is 6.08. The van der Waals surface area contributed by atoms with Crippen LogP contribution >= 0.6 is 0 Å². The number of hydrogen-bond acceptors (Lipinski definition) is 5. The topological polar surface area (TPSA) is 46.9 Å². The minimum atomic E-state index is -1.76. The number of benzene rings is 1. The van der Waals surface area contributed by atoms with Crippen LogP contribution in [0.15, 0.2) is 28.9 Å². The highest BCUT2D eigenvalue weighted by atomic mass is 28.4. The molecule has 2 aromatic rings. The van der Waals surface area contributed by atoms with Crippen molar-refractivity contribution in [3.8, 4) is 5.75 Å². The van der Waals surface area contributed by atoms with Crippen LogP contribution in [0.2, 0.25) is 18.1 Å². The number of nitrogens with zero attached hydrogens (tertiary/aromatic N) is 1. The number of fused-ring (bicyclic) bond motifs is 2. The second-order valence-corrected chi connectivity index (χ2v) is 16.6. The first-order chi connectivity index (χ1) is 15.0. The summed E-state index contributed by atoms with van der Waals surface area (Å²) in [4.78, 5) is 2.63. The van der Waals surface area contributed by atoms with E-state index in [1.54, 1.807) is 6.26 Å². The molecule has 1 aliphatic heterocycles. The maximum absolute atomic E-state index is 6.28. The normalized spacial score (nSPS) is 23.9. The van der Waals surface area contributed by atoms with Gasteiger partial charge in [0, 0.05) is 35.2 Å². The maximum Gasteiger partial charge on any atom is 0.192 e. The van der Waals surface area contributed by atoms with Gasteiger partial charge in [-0.25, -0.2) is 0 Å². The van der Waals surface area contributed by atoms with Crippen LogP contribution in [-0.2, 0) is 4.43 Å². The summed E-state index contributed by atoms with van der Waals surface area (Å²) in [6.07, 6.45) is 6.93. The molecule has 1 N–H and O–H groups in total. The standard InChI is InChI=1S/C26H42N2O3Si/c1-25(2,3)32(6,7)31-17-16-29-23-13-12-21(19-14-15-30-24(19)23)28-18-26(4,5)27-20-10-8-9-11-22(20)28/h12-15,20,22,27H,8-11,16-18H2,1-7H3/t20-,22+/m0/s1. The Hall–Kier alpha value is -1.50. The molecule has 32 heavy (non-hydrogen) atoms. The Morgan fingerprint density at radius 2 is 1.88 bits per heavy atom. The number of piperazine rings is 1. The van der Waals surface area contributed by atoms with Gasteiger partial charge < -0.3 is 23.8 Å². The third-order valence-electron chi connectivity index (χ3n) is 7.75. The number of ether oxygens (including phenoxy) is 1. The van der Waals surface area contributed by atoms with Gasteiger partial charge in [0.2, 0.25) is 0 Å². The zero-order valence-corrected chi connectivity index (χ0v) is 22.1. The van der Waals surface area contributed by atoms with Gasteiger partial charge in [0.1, 0.15) is 6.61 Å². The second-order valence-electron chi connectivity index (χ2n) is 11.8. The van der Waals surface area contributed by atoms with Gasteiger partial charge >= 0.3 is 0 Å². The van der Waals surface area contributed by atoms with Gasteiger partial charge in [-0.1, -0.05) is 33.6 Å². The van der Waals surface area contributed by atoms with Gasteiger partial charge in [0.25, 0.3) is 0 Å². The molecule has 0 spiro atoms. The van der Waals surface area contributed by atoms with E-state index in [4.69, 9.17) is 13.6 Å². The van der Waals surface area contributed by atoms with E-state index in [-0.39, 0.29) is 10.6 Å². The summed E-state index contributed by atoms with van der Waals surface area (Å²) in [5.74, 6) is 0.808. The quantitative estimate of drug-likeness (QED) is 0.405. The number of hydrogen-bond donors (Lipinski definition) is 1. The molecule has 2 heterocycles. The van der Waals surface area contributed by atoms with Crippen LogP contribution in [0.3, 0.4) is 0 Å². The van der Waals surface area contributed by atoms with Crippen molar-refractivity contribution in [1.29, 1.82) is 0 Å². The van der Waals surface area contributed by atoms with Gasteiger partial charge in [-0.05, 0) is 63.0 Å². The molecule has 178 valence electrons. The first-order valence-electron chi connectivity index (χ1n) is 12.3. The molecule has 1 aliphatic carbocycles. The third kappa shape index (κ3) is 4.73. The van der Waals surface area contributed by atoms with Gasteiger partial charge in [0.05, 0.1) is 12.9 Å². The van der Waals surface area contributed by atoms with E-state index >= 15 is 0 Å². The Morgan fingerprint density at radius 1 is 1.12 bits per heavy atom. The predicted octanol–water partition coefficient (Wildman–Crippen LogP) is 6.33. The first kappa shape index (κ1) is 23.6. The molecule has 0 radical (unpaired) electrons. The van der Waals surface area contributed by atoms with Crippen LogP contribution in [0.25, 0.3) is 11.0 Å². The number of nitrogens with one attached hydrogen (secondary N) is 1. The molecule has 4 rings (SSSR count). The molecular formula is C26H42N2O3Si. The zero-order valence-electron chi connectivity index (χ0n) is 21.1. The van der Waals surface area contributed by atoms with E-state index in [0.29, 0.717) is 25.3 Å². The van der Waals surface area contributed by atoms with Crippen LogP contribution in [0.1, 0.15) is 60.3 Å². The molecule has 0 unspecified atom stereocenters. The molecular weight excluding hydrogens is 416 g/mol. The van der Waals surface area contributed by atoms with Crippen LogP contribution < -0.4 is 15.0 Å². The lowest BCUT2D eigenvalue weighted by Crippen LogP contribution is -2.67. The summed E-state index contributed by atoms with van der Waals surface area (Å²) in [6.45, 7) is 18.1. The van der Waals surface area contributed by atoms with E-state index in [0.717, 1.165) is 23.3 Å². The van der Waals surface area contributed by atoms with E-state index in [2.05, 4.69) is 76.1 Å². The SMILES string of the molecule is CC1(C)CN(c2ccc(OCCO[Si](C)(C)C(C)(C)C)c3occc23)[C@@H]2CCCC[C@@H]2N1. The number of furan rings is 1. The van der Waals surface area contributed by atoms with Crippen LogP contribution in [-0.4, -0.2) is 45.7 Å². The van der Waals surface area contributed by atoms with Gasteiger partial charge in [-0.3, -0.25) is 0 Å². The van der Waals surface area contributed by atoms with Gasteiger partial charge in [-0.2, -0.15) is 0 Å². The molecule has 2 aliphatic rings. The molecule has 1 saturated heterocycles. The molecule has 0 amide bonds. The Morgan fingerprint density at radius 3 is 2.62 bits per heavy atom. The minimum absolute atomic E-state index is 0.0881. The van der Waals surface area contributed by atoms with Crippen molar-refractivity contribution in [2.75, 3.05) is 24.7 Å². The Kier molecular flexibility index (Phi) is 6.42. The van der Waals surface area contributed by atoms with E-state index in [1.165, 1.54) is 31.4 Å². The van der Waals surface area contributed by atoms with E-state index in [1.807, 2.05) is 0 Å². The van der Waals surface area contributed by atoms with Crippen molar-refractivity contribution in [3.63, 3.8) is 0 Å². The van der Waals surface area contributed by atoms with Crippen molar-refractivity contribution in [2.24, 2.45) is 0 Å². The average Bonchev–Trinajstić information content (AvgIpc) is 3.19. The van der Waals surface area contributed by atoms with Gasteiger partial charge in [0.15, 0.2) is 19.6 Å². The summed E-state index contributed by atoms with van der Waals surface area (Å²) in [5.41, 5.74) is 2.20. The van der Waals surface area contributed by atoms with Crippen molar-refractivity contribution in [2.45, 2.75) is 96.1 Å². The lowest BCUT2D eigenvalue weighted by atomic mass is 9.83. The maximum atomic E-state index is 6.28. The highest BCUT2D eigenvalue weighted by Gasteiger charge is 2.41. The zero-order chi connectivity index (χ0) is 23.1. The molecule has 1 aromatic heterocycles. The largest absolute Gasteiger partial charge is 0.487 e. The van der Waals surface area contributed by atoms with Crippen LogP contribution in [0.5, 0.6) is 5.75 Å². The van der Waals surface area contributed by atoms with E-state index in [9.17, 15) is 0 Å². The molecule has 5 nitrogen and oxygen atoms in total. The van der Waals surface area contributed by atoms with Crippen LogP contribution in [0, 0.1) is 0 Å². The fourth-order valence-electron chi connectivity index (χ4n) is 5.06. The smallest absolute Gasteiger partial charge is 0.192 e. The average molecular weight is 459 g/mol. The summed E-state index contributed by atoms with van der Waals surface area (Å²) in [5, 5.41) is 5.26. The van der Waals surface area contributed by atoms with Crippen molar-refractivity contribution < 1.29 is 13.6 Å². The molecule has 1 saturated carbocycles. The minimum Gasteiger partial charge on any atom is -0.487 e. The Balaban J connectivity index is 1.51. The monoisotopic (exact) mass is 458 g/mol. The fraction of sp³-hybridized carbons (Fsp3) is 0.692. The Bertz CT molecular complexity index is 931. The second kappa shape index (κ2) is 8.69. The predicted molar refractivity (Wildman–Crippen MR) is 135 cm³/mol. The molecule has 6 heteroatoms. The van der Waals surface area contributed by atoms with Gasteiger partial charge in [-0.15, -0.1) is 0 Å². The van der Waals surface area contributed by atoms with Crippen molar-refractivity contribution >= 4 is 25.0 Å². The molecule has 2 atom stereocenters. The third-order valence-corrected chi connectivity index (χ3v) is 12.3. The highest BCUT2D eigenvalue weighted by molar-refractivity contribution is 6.74. The summed E-state index contributed by atoms with van der Waals surface area (Å²) < 4.78 is 18.3. The molecule has 1 aromatic carbocycles.